The molecule has 0 aromatic heterocycles. The minimum Gasteiger partial charge on any atom is -0.463 e. The first-order chi connectivity index (χ1) is 13.2. The van der Waals surface area contributed by atoms with Gasteiger partial charge in [-0.15, -0.1) is 0 Å². The van der Waals surface area contributed by atoms with Crippen LogP contribution < -0.4 is 0 Å². The summed E-state index contributed by atoms with van der Waals surface area (Å²) in [6.07, 6.45) is 7.28. The van der Waals surface area contributed by atoms with Gasteiger partial charge in [-0.25, -0.2) is 4.79 Å². The Morgan fingerprint density at radius 1 is 1.32 bits per heavy atom. The van der Waals surface area contributed by atoms with Crippen molar-refractivity contribution in [3.05, 3.63) is 35.5 Å². The largest absolute Gasteiger partial charge is 0.463 e. The van der Waals surface area contributed by atoms with Gasteiger partial charge in [-0.1, -0.05) is 29.9 Å². The Bertz CT molecular complexity index is 735. The smallest absolute Gasteiger partial charge is 0.334 e. The lowest BCUT2D eigenvalue weighted by Gasteiger charge is -2.55. The van der Waals surface area contributed by atoms with Crippen LogP contribution in [0.25, 0.3) is 0 Å². The fourth-order valence-electron chi connectivity index (χ4n) is 4.49. The van der Waals surface area contributed by atoms with Gasteiger partial charge < -0.3 is 19.3 Å². The van der Waals surface area contributed by atoms with Gasteiger partial charge in [0, 0.05) is 24.8 Å². The van der Waals surface area contributed by atoms with Gasteiger partial charge >= 0.3 is 11.9 Å². The Hall–Kier alpha value is -1.92. The number of rotatable bonds is 2. The number of allylic oxidation sites excluding steroid dienone is 3. The first-order valence-electron chi connectivity index (χ1n) is 9.92. The minimum absolute atomic E-state index is 0.0720. The number of hydrogen-bond donors (Lipinski definition) is 1. The fourth-order valence-corrected chi connectivity index (χ4v) is 4.49. The van der Waals surface area contributed by atoms with Gasteiger partial charge in [0.2, 0.25) is 0 Å². The van der Waals surface area contributed by atoms with Crippen LogP contribution in [0.1, 0.15) is 59.3 Å². The molecule has 6 heteroatoms. The summed E-state index contributed by atoms with van der Waals surface area (Å²) < 4.78 is 17.3. The van der Waals surface area contributed by atoms with Crippen molar-refractivity contribution in [2.75, 3.05) is 6.61 Å². The molecule has 0 saturated carbocycles. The van der Waals surface area contributed by atoms with Gasteiger partial charge in [-0.2, -0.15) is 0 Å². The van der Waals surface area contributed by atoms with Gasteiger partial charge in [0.1, 0.15) is 18.3 Å². The lowest BCUT2D eigenvalue weighted by atomic mass is 9.72. The van der Waals surface area contributed by atoms with Gasteiger partial charge in [0.15, 0.2) is 5.79 Å². The third-order valence-electron chi connectivity index (χ3n) is 6.04. The molecule has 3 aliphatic rings. The summed E-state index contributed by atoms with van der Waals surface area (Å²) >= 11 is 0. The molecule has 2 saturated heterocycles. The molecule has 0 aliphatic carbocycles. The van der Waals surface area contributed by atoms with E-state index in [1.54, 1.807) is 0 Å². The van der Waals surface area contributed by atoms with E-state index in [1.807, 2.05) is 6.92 Å². The second-order valence-electron chi connectivity index (χ2n) is 8.35. The molecule has 4 atom stereocenters. The van der Waals surface area contributed by atoms with Crippen molar-refractivity contribution in [1.82, 2.24) is 0 Å². The van der Waals surface area contributed by atoms with Gasteiger partial charge in [0.05, 0.1) is 0 Å². The predicted octanol–water partition coefficient (Wildman–Crippen LogP) is 3.35. The summed E-state index contributed by atoms with van der Waals surface area (Å²) in [6.45, 7) is 9.14. The first kappa shape index (κ1) is 20.8. The van der Waals surface area contributed by atoms with E-state index in [1.165, 1.54) is 12.5 Å². The molecule has 0 aromatic carbocycles. The Morgan fingerprint density at radius 3 is 2.75 bits per heavy atom. The van der Waals surface area contributed by atoms with E-state index >= 15 is 0 Å². The van der Waals surface area contributed by atoms with Crippen molar-refractivity contribution in [2.45, 2.75) is 76.8 Å². The number of fused-ring (bicyclic) bond motifs is 6. The number of hydrogen-bond acceptors (Lipinski definition) is 6. The average Bonchev–Trinajstić information content (AvgIpc) is 2.60. The van der Waals surface area contributed by atoms with Gasteiger partial charge in [0.25, 0.3) is 0 Å². The highest BCUT2D eigenvalue weighted by molar-refractivity contribution is 5.89. The second kappa shape index (κ2) is 7.84. The van der Waals surface area contributed by atoms with Crippen molar-refractivity contribution in [3.63, 3.8) is 0 Å². The first-order valence-corrected chi connectivity index (χ1v) is 9.92. The van der Waals surface area contributed by atoms with Gasteiger partial charge in [-0.3, -0.25) is 4.79 Å². The number of carbonyl (C=O) groups is 2. The van der Waals surface area contributed by atoms with Crippen LogP contribution in [0.2, 0.25) is 0 Å². The highest BCUT2D eigenvalue weighted by atomic mass is 16.7. The zero-order valence-electron chi connectivity index (χ0n) is 17.0. The summed E-state index contributed by atoms with van der Waals surface area (Å²) in [4.78, 5) is 24.0. The number of esters is 2. The van der Waals surface area contributed by atoms with Crippen LogP contribution in [0, 0.1) is 5.92 Å². The second-order valence-corrected chi connectivity index (χ2v) is 8.35. The van der Waals surface area contributed by atoms with Crippen molar-refractivity contribution >= 4 is 11.9 Å². The molecular formula is C22H30O6. The molecule has 0 aromatic rings. The molecule has 4 bridgehead atoms. The summed E-state index contributed by atoms with van der Waals surface area (Å²) in [5, 5.41) is 11.6. The summed E-state index contributed by atoms with van der Waals surface area (Å²) in [5.41, 5.74) is 1.40. The molecule has 2 fully saturated rings. The van der Waals surface area contributed by atoms with E-state index < -0.39 is 35.3 Å². The molecule has 28 heavy (non-hydrogen) atoms. The van der Waals surface area contributed by atoms with Crippen molar-refractivity contribution in [2.24, 2.45) is 5.92 Å². The Kier molecular flexibility index (Phi) is 5.82. The van der Waals surface area contributed by atoms with Crippen LogP contribution in [0.5, 0.6) is 0 Å². The van der Waals surface area contributed by atoms with E-state index in [0.29, 0.717) is 19.3 Å². The molecule has 3 heterocycles. The van der Waals surface area contributed by atoms with Crippen LogP contribution in [0.15, 0.2) is 35.5 Å². The lowest BCUT2D eigenvalue weighted by Crippen LogP contribution is -2.66. The molecule has 0 radical (unpaired) electrons. The monoisotopic (exact) mass is 390 g/mol. The SMILES string of the molecule is C=C1C(=O)O[C@H]2C[C@H]1[C@]1(O)C/C(C)=C\CC/C(C)=C\CC[C@@]2(COC(C)=O)O1. The van der Waals surface area contributed by atoms with Crippen molar-refractivity contribution in [1.29, 1.82) is 0 Å². The standard InChI is InChI=1S/C22H30O6/c1-14-7-5-8-15(2)12-22(25)18-11-19(27-20(24)16(18)3)21(28-22,10-6-9-14)13-26-17(4)23/h8-9,18-19,25H,3,5-7,10-13H2,1-2,4H3/b14-9-,15-8-/t18-,19+,21+,22+/m1/s1. The maximum Gasteiger partial charge on any atom is 0.334 e. The zero-order chi connectivity index (χ0) is 20.5. The molecule has 154 valence electrons. The van der Waals surface area contributed by atoms with E-state index in [9.17, 15) is 14.7 Å². The van der Waals surface area contributed by atoms with E-state index in [0.717, 1.165) is 18.4 Å². The maximum atomic E-state index is 12.4. The highest BCUT2D eigenvalue weighted by Gasteiger charge is 2.61. The quantitative estimate of drug-likeness (QED) is 0.442. The fraction of sp³-hybridized carbons (Fsp3) is 0.636. The van der Waals surface area contributed by atoms with E-state index in [-0.39, 0.29) is 18.6 Å². The lowest BCUT2D eigenvalue weighted by molar-refractivity contribution is -0.351. The van der Waals surface area contributed by atoms with Crippen molar-refractivity contribution in [3.8, 4) is 0 Å². The maximum absolute atomic E-state index is 12.4. The molecular weight excluding hydrogens is 360 g/mol. The molecule has 0 spiro atoms. The summed E-state index contributed by atoms with van der Waals surface area (Å²) in [6, 6.07) is 0. The molecule has 3 rings (SSSR count). The molecule has 0 amide bonds. The Balaban J connectivity index is 2.04. The number of ether oxygens (including phenoxy) is 3. The van der Waals surface area contributed by atoms with E-state index in [2.05, 4.69) is 25.7 Å². The topological polar surface area (TPSA) is 82.1 Å². The van der Waals surface area contributed by atoms with Crippen LogP contribution in [-0.4, -0.2) is 41.1 Å². The summed E-state index contributed by atoms with van der Waals surface area (Å²) in [7, 11) is 0. The molecule has 0 unspecified atom stereocenters. The molecule has 1 N–H and O–H groups in total. The van der Waals surface area contributed by atoms with Crippen LogP contribution in [-0.2, 0) is 23.8 Å². The summed E-state index contributed by atoms with van der Waals surface area (Å²) in [5.74, 6) is -3.10. The molecule has 6 nitrogen and oxygen atoms in total. The zero-order valence-corrected chi connectivity index (χ0v) is 17.0. The van der Waals surface area contributed by atoms with Crippen LogP contribution >= 0.6 is 0 Å². The Labute approximate surface area is 166 Å². The normalized spacial score (nSPS) is 40.0. The van der Waals surface area contributed by atoms with Crippen LogP contribution in [0.3, 0.4) is 0 Å². The predicted molar refractivity (Wildman–Crippen MR) is 103 cm³/mol. The molecule has 3 aliphatic heterocycles. The minimum atomic E-state index is -1.59. The van der Waals surface area contributed by atoms with Crippen LogP contribution in [0.4, 0.5) is 0 Å². The average molecular weight is 390 g/mol. The van der Waals surface area contributed by atoms with Gasteiger partial charge in [-0.05, 0) is 46.0 Å². The van der Waals surface area contributed by atoms with E-state index in [4.69, 9.17) is 14.2 Å². The third-order valence-corrected chi connectivity index (χ3v) is 6.04. The van der Waals surface area contributed by atoms with Crippen molar-refractivity contribution < 1.29 is 28.9 Å². The third kappa shape index (κ3) is 4.08. The Morgan fingerprint density at radius 2 is 2.04 bits per heavy atom. The highest BCUT2D eigenvalue weighted by Crippen LogP contribution is 2.50. The number of carbonyl (C=O) groups excluding carboxylic acids is 2. The number of aliphatic hydroxyl groups is 1.